The number of anilines is 1. The number of hydrogen-bond donors (Lipinski definition) is 2. The maximum Gasteiger partial charge on any atom is 0.319 e. The van der Waals surface area contributed by atoms with Gasteiger partial charge in [0.25, 0.3) is 0 Å². The summed E-state index contributed by atoms with van der Waals surface area (Å²) in [5.41, 5.74) is 0.591. The highest BCUT2D eigenvalue weighted by atomic mass is 35.5. The Morgan fingerprint density at radius 2 is 2.06 bits per heavy atom. The van der Waals surface area contributed by atoms with Crippen molar-refractivity contribution in [2.45, 2.75) is 19.4 Å². The van der Waals surface area contributed by atoms with E-state index in [1.165, 1.54) is 0 Å². The molecule has 100 valence electrons. The van der Waals surface area contributed by atoms with Crippen LogP contribution in [0.25, 0.3) is 0 Å². The number of hydrogen-bond acceptors (Lipinski definition) is 2. The Morgan fingerprint density at radius 1 is 1.39 bits per heavy atom. The minimum absolute atomic E-state index is 0.0916. The van der Waals surface area contributed by atoms with Crippen LogP contribution in [0, 0.1) is 0 Å². The molecule has 1 aromatic carbocycles. The van der Waals surface area contributed by atoms with Gasteiger partial charge in [-0.05, 0) is 46.1 Å². The topological polar surface area (TPSA) is 44.4 Å². The molecule has 18 heavy (non-hydrogen) atoms. The number of amides is 2. The van der Waals surface area contributed by atoms with Crippen LogP contribution in [0.3, 0.4) is 0 Å². The Bertz CT molecular complexity index is 418. The number of halogens is 1. The lowest BCUT2D eigenvalue weighted by Crippen LogP contribution is -2.49. The van der Waals surface area contributed by atoms with Gasteiger partial charge in [0.05, 0.1) is 0 Å². The second kappa shape index (κ2) is 6.07. The highest BCUT2D eigenvalue weighted by Crippen LogP contribution is 2.14. The second-order valence-electron chi connectivity index (χ2n) is 5.02. The molecule has 0 saturated carbocycles. The van der Waals surface area contributed by atoms with Crippen LogP contribution in [0.15, 0.2) is 24.3 Å². The van der Waals surface area contributed by atoms with Crippen molar-refractivity contribution in [1.29, 1.82) is 0 Å². The second-order valence-corrected chi connectivity index (χ2v) is 5.46. The molecule has 0 bridgehead atoms. The number of carbonyl (C=O) groups is 1. The highest BCUT2D eigenvalue weighted by molar-refractivity contribution is 6.30. The Morgan fingerprint density at radius 3 is 2.61 bits per heavy atom. The van der Waals surface area contributed by atoms with Crippen molar-refractivity contribution in [2.24, 2.45) is 0 Å². The minimum atomic E-state index is -0.229. The van der Waals surface area contributed by atoms with Crippen molar-refractivity contribution in [3.63, 3.8) is 0 Å². The third-order valence-corrected chi connectivity index (χ3v) is 3.21. The molecule has 4 nitrogen and oxygen atoms in total. The fourth-order valence-corrected chi connectivity index (χ4v) is 1.39. The zero-order valence-corrected chi connectivity index (χ0v) is 12.0. The average Bonchev–Trinajstić information content (AvgIpc) is 2.26. The summed E-state index contributed by atoms with van der Waals surface area (Å²) in [5, 5.41) is 6.18. The monoisotopic (exact) mass is 269 g/mol. The fraction of sp³-hybridized carbons (Fsp3) is 0.462. The molecule has 0 aliphatic heterocycles. The number of nitrogens with zero attached hydrogens (tertiary/aromatic N) is 1. The summed E-state index contributed by atoms with van der Waals surface area (Å²) in [4.78, 5) is 13.8. The molecule has 2 N–H and O–H groups in total. The predicted molar refractivity (Wildman–Crippen MR) is 76.2 cm³/mol. The summed E-state index contributed by atoms with van der Waals surface area (Å²) in [5.74, 6) is 0. The number of carbonyl (C=O) groups excluding carboxylic acids is 1. The molecular formula is C13H20ClN3O. The van der Waals surface area contributed by atoms with Gasteiger partial charge >= 0.3 is 6.03 Å². The largest absolute Gasteiger partial charge is 0.336 e. The standard InChI is InChI=1S/C13H20ClN3O/c1-13(2,17(3)4)9-15-12(18)16-11-7-5-6-10(14)8-11/h5-8H,9H2,1-4H3,(H2,15,16,18). The molecule has 0 aliphatic rings. The average molecular weight is 270 g/mol. The summed E-state index contributed by atoms with van der Waals surface area (Å²) in [6, 6.07) is 6.83. The van der Waals surface area contributed by atoms with Crippen LogP contribution in [0.4, 0.5) is 10.5 Å². The molecule has 2 amide bonds. The van der Waals surface area contributed by atoms with Crippen LogP contribution in [0.2, 0.25) is 5.02 Å². The first-order chi connectivity index (χ1) is 8.31. The predicted octanol–water partition coefficient (Wildman–Crippen LogP) is 2.80. The lowest BCUT2D eigenvalue weighted by Gasteiger charge is -2.32. The molecule has 0 fully saturated rings. The van der Waals surface area contributed by atoms with E-state index in [1.54, 1.807) is 24.3 Å². The van der Waals surface area contributed by atoms with E-state index in [0.29, 0.717) is 17.3 Å². The summed E-state index contributed by atoms with van der Waals surface area (Å²) >= 11 is 5.84. The summed E-state index contributed by atoms with van der Waals surface area (Å²) < 4.78 is 0. The quantitative estimate of drug-likeness (QED) is 0.883. The molecule has 0 atom stereocenters. The fourth-order valence-electron chi connectivity index (χ4n) is 1.20. The van der Waals surface area contributed by atoms with E-state index in [9.17, 15) is 4.79 Å². The van der Waals surface area contributed by atoms with Crippen LogP contribution >= 0.6 is 11.6 Å². The van der Waals surface area contributed by atoms with Gasteiger partial charge in [0.2, 0.25) is 0 Å². The van der Waals surface area contributed by atoms with Crippen molar-refractivity contribution in [3.8, 4) is 0 Å². The third-order valence-electron chi connectivity index (χ3n) is 2.97. The van der Waals surface area contributed by atoms with E-state index < -0.39 is 0 Å². The van der Waals surface area contributed by atoms with Gasteiger partial charge in [-0.25, -0.2) is 4.79 Å². The van der Waals surface area contributed by atoms with Crippen molar-refractivity contribution >= 4 is 23.3 Å². The van der Waals surface area contributed by atoms with Crippen molar-refractivity contribution in [1.82, 2.24) is 10.2 Å². The Labute approximate surface area is 113 Å². The SMILES string of the molecule is CN(C)C(C)(C)CNC(=O)Nc1cccc(Cl)c1. The van der Waals surface area contributed by atoms with Gasteiger partial charge in [-0.15, -0.1) is 0 Å². The van der Waals surface area contributed by atoms with Gasteiger partial charge in [-0.2, -0.15) is 0 Å². The first-order valence-electron chi connectivity index (χ1n) is 5.79. The van der Waals surface area contributed by atoms with E-state index in [-0.39, 0.29) is 11.6 Å². The van der Waals surface area contributed by atoms with Crippen LogP contribution in [-0.2, 0) is 0 Å². The maximum atomic E-state index is 11.7. The molecule has 0 unspecified atom stereocenters. The van der Waals surface area contributed by atoms with E-state index in [1.807, 2.05) is 14.1 Å². The summed E-state index contributed by atoms with van der Waals surface area (Å²) in [6.45, 7) is 4.69. The smallest absolute Gasteiger partial charge is 0.319 e. The lowest BCUT2D eigenvalue weighted by atomic mass is 10.1. The number of benzene rings is 1. The number of nitrogens with one attached hydrogen (secondary N) is 2. The molecule has 0 heterocycles. The number of rotatable bonds is 4. The van der Waals surface area contributed by atoms with Crippen molar-refractivity contribution in [3.05, 3.63) is 29.3 Å². The summed E-state index contributed by atoms with van der Waals surface area (Å²) in [6.07, 6.45) is 0. The lowest BCUT2D eigenvalue weighted by molar-refractivity contribution is 0.189. The van der Waals surface area contributed by atoms with Crippen LogP contribution < -0.4 is 10.6 Å². The van der Waals surface area contributed by atoms with Gasteiger partial charge in [0.15, 0.2) is 0 Å². The number of urea groups is 1. The molecule has 0 aliphatic carbocycles. The molecule has 1 rings (SSSR count). The minimum Gasteiger partial charge on any atom is -0.336 e. The molecule has 0 saturated heterocycles. The molecular weight excluding hydrogens is 250 g/mol. The van der Waals surface area contributed by atoms with E-state index in [4.69, 9.17) is 11.6 Å². The molecule has 0 aromatic heterocycles. The first kappa shape index (κ1) is 14.8. The Kier molecular flexibility index (Phi) is 4.99. The van der Waals surface area contributed by atoms with Crippen molar-refractivity contribution in [2.75, 3.05) is 26.0 Å². The van der Waals surface area contributed by atoms with Crippen LogP contribution in [0.5, 0.6) is 0 Å². The maximum absolute atomic E-state index is 11.7. The molecule has 1 aromatic rings. The molecule has 0 radical (unpaired) electrons. The normalized spacial score (nSPS) is 11.4. The van der Waals surface area contributed by atoms with Crippen LogP contribution in [0.1, 0.15) is 13.8 Å². The van der Waals surface area contributed by atoms with Gasteiger partial charge in [0.1, 0.15) is 0 Å². The zero-order chi connectivity index (χ0) is 13.8. The Balaban J connectivity index is 2.48. The van der Waals surface area contributed by atoms with Crippen LogP contribution in [-0.4, -0.2) is 37.1 Å². The highest BCUT2D eigenvalue weighted by Gasteiger charge is 2.20. The van der Waals surface area contributed by atoms with Gasteiger partial charge in [-0.3, -0.25) is 0 Å². The van der Waals surface area contributed by atoms with Gasteiger partial charge < -0.3 is 15.5 Å². The van der Waals surface area contributed by atoms with Crippen molar-refractivity contribution < 1.29 is 4.79 Å². The van der Waals surface area contributed by atoms with E-state index in [0.717, 1.165) is 0 Å². The zero-order valence-electron chi connectivity index (χ0n) is 11.2. The third kappa shape index (κ3) is 4.55. The van der Waals surface area contributed by atoms with E-state index in [2.05, 4.69) is 29.4 Å². The van der Waals surface area contributed by atoms with Gasteiger partial charge in [-0.1, -0.05) is 17.7 Å². The van der Waals surface area contributed by atoms with Gasteiger partial charge in [0, 0.05) is 22.8 Å². The Hall–Kier alpha value is -1.26. The number of likely N-dealkylation sites (N-methyl/N-ethyl adjacent to an activating group) is 1. The molecule has 5 heteroatoms. The first-order valence-corrected chi connectivity index (χ1v) is 6.17. The van der Waals surface area contributed by atoms with E-state index >= 15 is 0 Å². The molecule has 0 spiro atoms. The summed E-state index contributed by atoms with van der Waals surface area (Å²) in [7, 11) is 3.97.